The summed E-state index contributed by atoms with van der Waals surface area (Å²) in [6.45, 7) is 3.85. The summed E-state index contributed by atoms with van der Waals surface area (Å²) in [6.07, 6.45) is 6.13. The summed E-state index contributed by atoms with van der Waals surface area (Å²) in [5, 5.41) is 0. The summed E-state index contributed by atoms with van der Waals surface area (Å²) in [4.78, 5) is 12.7. The second-order valence-electron chi connectivity index (χ2n) is 4.30. The van der Waals surface area contributed by atoms with Gasteiger partial charge in [0, 0.05) is 19.6 Å². The van der Waals surface area contributed by atoms with Gasteiger partial charge in [0.1, 0.15) is 0 Å². The Morgan fingerprint density at radius 2 is 2.00 bits per heavy atom. The maximum Gasteiger partial charge on any atom is 0.172 e. The molecule has 0 aromatic carbocycles. The van der Waals surface area contributed by atoms with E-state index in [1.807, 2.05) is 12.1 Å². The monoisotopic (exact) mass is 332 g/mol. The fraction of sp³-hybridized carbons (Fsp3) is 0.643. The number of hydrogen-bond donors (Lipinski definition) is 0. The summed E-state index contributed by atoms with van der Waals surface area (Å²) in [5.41, 5.74) is 0. The van der Waals surface area contributed by atoms with Gasteiger partial charge in [-0.1, -0.05) is 19.8 Å². The highest BCUT2D eigenvalue weighted by atomic mass is 79.9. The van der Waals surface area contributed by atoms with Gasteiger partial charge in [-0.3, -0.25) is 4.79 Å². The van der Waals surface area contributed by atoms with Crippen molar-refractivity contribution in [3.63, 3.8) is 0 Å². The quantitative estimate of drug-likeness (QED) is 0.441. The van der Waals surface area contributed by atoms with Gasteiger partial charge in [-0.15, -0.1) is 11.3 Å². The zero-order valence-corrected chi connectivity index (χ0v) is 13.3. The van der Waals surface area contributed by atoms with E-state index >= 15 is 0 Å². The number of carbonyl (C=O) groups excluding carboxylic acids is 1. The van der Waals surface area contributed by atoms with E-state index < -0.39 is 0 Å². The molecule has 1 aromatic heterocycles. The molecule has 102 valence electrons. The smallest absolute Gasteiger partial charge is 0.172 e. The molecule has 0 fully saturated rings. The van der Waals surface area contributed by atoms with Gasteiger partial charge in [0.25, 0.3) is 0 Å². The van der Waals surface area contributed by atoms with Crippen molar-refractivity contribution in [2.75, 3.05) is 13.2 Å². The number of carbonyl (C=O) groups is 1. The molecule has 0 bridgehead atoms. The Morgan fingerprint density at radius 3 is 2.67 bits per heavy atom. The molecule has 0 saturated carbocycles. The maximum absolute atomic E-state index is 11.8. The molecule has 0 unspecified atom stereocenters. The molecule has 0 atom stereocenters. The largest absolute Gasteiger partial charge is 0.381 e. The van der Waals surface area contributed by atoms with Crippen LogP contribution >= 0.6 is 27.3 Å². The van der Waals surface area contributed by atoms with Crippen molar-refractivity contribution < 1.29 is 9.53 Å². The van der Waals surface area contributed by atoms with Crippen molar-refractivity contribution in [2.45, 2.75) is 45.4 Å². The summed E-state index contributed by atoms with van der Waals surface area (Å²) in [6, 6.07) is 3.83. The SMILES string of the molecule is CCCOCCCCCCC(=O)c1ccc(Br)s1. The Morgan fingerprint density at radius 1 is 1.22 bits per heavy atom. The Bertz CT molecular complexity index is 349. The van der Waals surface area contributed by atoms with E-state index in [1.54, 1.807) is 0 Å². The first-order chi connectivity index (χ1) is 8.74. The molecule has 0 aliphatic carbocycles. The van der Waals surface area contributed by atoms with Crippen LogP contribution < -0.4 is 0 Å². The number of ether oxygens (including phenoxy) is 1. The van der Waals surface area contributed by atoms with Gasteiger partial charge < -0.3 is 4.74 Å². The van der Waals surface area contributed by atoms with E-state index in [2.05, 4.69) is 22.9 Å². The van der Waals surface area contributed by atoms with Crippen molar-refractivity contribution in [3.05, 3.63) is 20.8 Å². The average Bonchev–Trinajstić information content (AvgIpc) is 2.79. The van der Waals surface area contributed by atoms with Crippen LogP contribution in [0.2, 0.25) is 0 Å². The van der Waals surface area contributed by atoms with E-state index in [0.717, 1.165) is 54.0 Å². The molecular formula is C14H21BrO2S. The van der Waals surface area contributed by atoms with Crippen LogP contribution in [0.5, 0.6) is 0 Å². The fourth-order valence-electron chi connectivity index (χ4n) is 1.68. The van der Waals surface area contributed by atoms with Gasteiger partial charge in [-0.25, -0.2) is 0 Å². The minimum Gasteiger partial charge on any atom is -0.381 e. The lowest BCUT2D eigenvalue weighted by atomic mass is 10.1. The summed E-state index contributed by atoms with van der Waals surface area (Å²) < 4.78 is 6.44. The maximum atomic E-state index is 11.8. The van der Waals surface area contributed by atoms with E-state index in [1.165, 1.54) is 11.3 Å². The summed E-state index contributed by atoms with van der Waals surface area (Å²) in [7, 11) is 0. The predicted molar refractivity (Wildman–Crippen MR) is 80.5 cm³/mol. The van der Waals surface area contributed by atoms with Gasteiger partial charge in [0.2, 0.25) is 0 Å². The van der Waals surface area contributed by atoms with Crippen LogP contribution in [0.4, 0.5) is 0 Å². The lowest BCUT2D eigenvalue weighted by Gasteiger charge is -2.02. The number of halogens is 1. The predicted octanol–water partition coefficient (Wildman–Crippen LogP) is 5.07. The molecule has 2 nitrogen and oxygen atoms in total. The van der Waals surface area contributed by atoms with Gasteiger partial charge in [-0.05, 0) is 47.3 Å². The summed E-state index contributed by atoms with van der Waals surface area (Å²) in [5.74, 6) is 0.271. The van der Waals surface area contributed by atoms with Crippen LogP contribution in [-0.2, 0) is 4.74 Å². The third-order valence-electron chi connectivity index (χ3n) is 2.64. The molecular weight excluding hydrogens is 312 g/mol. The molecule has 1 aromatic rings. The molecule has 0 spiro atoms. The standard InChI is InChI=1S/C14H21BrO2S/c1-2-10-17-11-6-4-3-5-7-12(16)13-8-9-14(15)18-13/h8-9H,2-7,10-11H2,1H3. The van der Waals surface area contributed by atoms with Crippen molar-refractivity contribution >= 4 is 33.0 Å². The highest BCUT2D eigenvalue weighted by molar-refractivity contribution is 9.11. The molecule has 18 heavy (non-hydrogen) atoms. The first-order valence-electron chi connectivity index (χ1n) is 6.60. The Labute approximate surface area is 122 Å². The zero-order chi connectivity index (χ0) is 13.2. The highest BCUT2D eigenvalue weighted by Gasteiger charge is 2.07. The van der Waals surface area contributed by atoms with E-state index in [4.69, 9.17) is 4.74 Å². The van der Waals surface area contributed by atoms with Gasteiger partial charge >= 0.3 is 0 Å². The van der Waals surface area contributed by atoms with Crippen molar-refractivity contribution in [3.8, 4) is 0 Å². The number of rotatable bonds is 10. The minimum absolute atomic E-state index is 0.271. The highest BCUT2D eigenvalue weighted by Crippen LogP contribution is 2.23. The number of unbranched alkanes of at least 4 members (excludes halogenated alkanes) is 3. The van der Waals surface area contributed by atoms with Crippen molar-refractivity contribution in [1.29, 1.82) is 0 Å². The number of Topliss-reactive ketones (excluding diaryl/α,β-unsaturated/α-hetero) is 1. The van der Waals surface area contributed by atoms with Gasteiger partial charge in [0.15, 0.2) is 5.78 Å². The number of thiophene rings is 1. The second kappa shape index (κ2) is 9.70. The van der Waals surface area contributed by atoms with Crippen molar-refractivity contribution in [1.82, 2.24) is 0 Å². The Kier molecular flexibility index (Phi) is 8.55. The molecule has 1 heterocycles. The molecule has 0 N–H and O–H groups in total. The van der Waals surface area contributed by atoms with Crippen LogP contribution in [0.3, 0.4) is 0 Å². The van der Waals surface area contributed by atoms with E-state index in [0.29, 0.717) is 6.42 Å². The third kappa shape index (κ3) is 6.66. The van der Waals surface area contributed by atoms with Gasteiger partial charge in [0.05, 0.1) is 8.66 Å². The lowest BCUT2D eigenvalue weighted by molar-refractivity contribution is 0.0982. The van der Waals surface area contributed by atoms with Crippen LogP contribution in [0.25, 0.3) is 0 Å². The third-order valence-corrected chi connectivity index (χ3v) is 4.30. The fourth-order valence-corrected chi connectivity index (χ4v) is 3.03. The van der Waals surface area contributed by atoms with E-state index in [9.17, 15) is 4.79 Å². The topological polar surface area (TPSA) is 26.3 Å². The van der Waals surface area contributed by atoms with Crippen LogP contribution in [0, 0.1) is 0 Å². The van der Waals surface area contributed by atoms with Crippen LogP contribution in [-0.4, -0.2) is 19.0 Å². The molecule has 0 saturated heterocycles. The normalized spacial score (nSPS) is 10.8. The van der Waals surface area contributed by atoms with Crippen LogP contribution in [0.1, 0.15) is 55.1 Å². The first kappa shape index (κ1) is 15.9. The molecule has 1 rings (SSSR count). The minimum atomic E-state index is 0.271. The van der Waals surface area contributed by atoms with E-state index in [-0.39, 0.29) is 5.78 Å². The molecule has 0 amide bonds. The zero-order valence-electron chi connectivity index (χ0n) is 10.9. The van der Waals surface area contributed by atoms with Crippen molar-refractivity contribution in [2.24, 2.45) is 0 Å². The molecule has 0 radical (unpaired) electrons. The Balaban J connectivity index is 1.99. The van der Waals surface area contributed by atoms with Crippen LogP contribution in [0.15, 0.2) is 15.9 Å². The molecule has 4 heteroatoms. The Hall–Kier alpha value is -0.190. The summed E-state index contributed by atoms with van der Waals surface area (Å²) >= 11 is 4.90. The molecule has 0 aliphatic heterocycles. The average molecular weight is 333 g/mol. The second-order valence-corrected chi connectivity index (χ2v) is 6.77. The first-order valence-corrected chi connectivity index (χ1v) is 8.21. The lowest BCUT2D eigenvalue weighted by Crippen LogP contribution is -1.97. The number of ketones is 1. The number of hydrogen-bond acceptors (Lipinski definition) is 3. The van der Waals surface area contributed by atoms with Gasteiger partial charge in [-0.2, -0.15) is 0 Å². The molecule has 0 aliphatic rings.